The van der Waals surface area contributed by atoms with E-state index in [0.717, 1.165) is 0 Å². The first-order chi connectivity index (χ1) is 9.60. The average Bonchev–Trinajstić information content (AvgIpc) is 2.51. The Morgan fingerprint density at radius 1 is 1.30 bits per heavy atom. The molecule has 1 aliphatic heterocycles. The minimum Gasteiger partial charge on any atom is -0.468 e. The Morgan fingerprint density at radius 3 is 2.40 bits per heavy atom. The number of methoxy groups -OCH3 is 1. The summed E-state index contributed by atoms with van der Waals surface area (Å²) in [7, 11) is 1.37. The maximum Gasteiger partial charge on any atom is 0.316 e. The zero-order valence-corrected chi connectivity index (χ0v) is 12.7. The van der Waals surface area contributed by atoms with Gasteiger partial charge < -0.3 is 9.47 Å². The average molecular weight is 282 g/mol. The molecule has 0 N–H and O–H groups in total. The van der Waals surface area contributed by atoms with Crippen LogP contribution in [0.25, 0.3) is 0 Å². The molecule has 1 aromatic rings. The number of hydrogen-bond acceptors (Lipinski definition) is 3. The van der Waals surface area contributed by atoms with Crippen LogP contribution in [0.2, 0.25) is 0 Å². The highest BCUT2D eigenvalue weighted by Gasteiger charge is 2.43. The number of rotatable bonds is 2. The van der Waals surface area contributed by atoms with Crippen molar-refractivity contribution in [2.45, 2.75) is 39.0 Å². The van der Waals surface area contributed by atoms with Gasteiger partial charge in [-0.2, -0.15) is 0 Å². The van der Waals surface area contributed by atoms with Crippen LogP contribution in [-0.4, -0.2) is 26.3 Å². The van der Waals surface area contributed by atoms with Crippen molar-refractivity contribution < 1.29 is 18.7 Å². The van der Waals surface area contributed by atoms with E-state index in [2.05, 4.69) is 0 Å². The summed E-state index contributed by atoms with van der Waals surface area (Å²) in [5.74, 6) is -0.601. The number of halogens is 1. The van der Waals surface area contributed by atoms with Crippen molar-refractivity contribution in [2.24, 2.45) is 0 Å². The molecular formula is C16H23FO3. The minimum absolute atomic E-state index is 0.290. The molecule has 0 amide bonds. The fraction of sp³-hybridized carbons (Fsp3) is 0.562. The van der Waals surface area contributed by atoms with Gasteiger partial charge in [-0.3, -0.25) is 4.79 Å². The number of carbonyl (C=O) groups is 1. The van der Waals surface area contributed by atoms with Crippen molar-refractivity contribution >= 4 is 5.97 Å². The van der Waals surface area contributed by atoms with E-state index in [-0.39, 0.29) is 11.8 Å². The molecule has 20 heavy (non-hydrogen) atoms. The monoisotopic (exact) mass is 282 g/mol. The molecule has 0 aromatic heterocycles. The highest BCUT2D eigenvalue weighted by Crippen LogP contribution is 2.36. The predicted octanol–water partition coefficient (Wildman–Crippen LogP) is 3.38. The summed E-state index contributed by atoms with van der Waals surface area (Å²) in [6, 6.07) is 4.95. The fourth-order valence-electron chi connectivity index (χ4n) is 2.42. The van der Waals surface area contributed by atoms with Gasteiger partial charge in [0.05, 0.1) is 12.5 Å². The number of carbonyl (C=O) groups excluding carboxylic acids is 1. The van der Waals surface area contributed by atoms with Gasteiger partial charge in [0.2, 0.25) is 0 Å². The fourth-order valence-corrected chi connectivity index (χ4v) is 2.42. The maximum atomic E-state index is 13.7. The molecule has 4 heteroatoms. The lowest BCUT2D eigenvalue weighted by Crippen LogP contribution is -2.42. The molecule has 1 heterocycles. The van der Waals surface area contributed by atoms with Crippen molar-refractivity contribution in [3.05, 3.63) is 35.1 Å². The third-order valence-electron chi connectivity index (χ3n) is 3.65. The molecule has 0 radical (unpaired) electrons. The summed E-state index contributed by atoms with van der Waals surface area (Å²) in [4.78, 5) is 12.1. The van der Waals surface area contributed by atoms with E-state index in [9.17, 15) is 9.18 Å². The van der Waals surface area contributed by atoms with Gasteiger partial charge in [-0.05, 0) is 37.0 Å². The number of ether oxygens (including phenoxy) is 2. The summed E-state index contributed by atoms with van der Waals surface area (Å²) >= 11 is 0. The minimum atomic E-state index is -0.762. The Labute approximate surface area is 120 Å². The molecule has 0 bridgehead atoms. The van der Waals surface area contributed by atoms with Crippen molar-refractivity contribution in [3.63, 3.8) is 0 Å². The second-order valence-corrected chi connectivity index (χ2v) is 4.65. The van der Waals surface area contributed by atoms with Crippen LogP contribution in [0.4, 0.5) is 4.39 Å². The van der Waals surface area contributed by atoms with E-state index in [1.165, 1.54) is 13.2 Å². The Bertz CT molecular complexity index is 451. The van der Waals surface area contributed by atoms with Crippen molar-refractivity contribution in [3.8, 4) is 0 Å². The van der Waals surface area contributed by atoms with E-state index in [1.807, 2.05) is 13.8 Å². The molecule has 0 unspecified atom stereocenters. The van der Waals surface area contributed by atoms with Gasteiger partial charge >= 0.3 is 5.97 Å². The zero-order valence-electron chi connectivity index (χ0n) is 12.7. The van der Waals surface area contributed by atoms with Gasteiger partial charge in [0.15, 0.2) is 0 Å². The molecule has 112 valence electrons. The van der Waals surface area contributed by atoms with Crippen LogP contribution in [0.3, 0.4) is 0 Å². The van der Waals surface area contributed by atoms with E-state index in [1.54, 1.807) is 19.1 Å². The Morgan fingerprint density at radius 2 is 1.90 bits per heavy atom. The topological polar surface area (TPSA) is 35.5 Å². The molecule has 1 aliphatic rings. The van der Waals surface area contributed by atoms with E-state index < -0.39 is 5.41 Å². The standard InChI is InChI=1S/C14H17FO3.C2H6/c1-10-3-4-11(9-12(10)15)14(13(16)17-2)5-7-18-8-6-14;1-2/h3-4,9H,5-8H2,1-2H3;1-2H3. The Kier molecular flexibility index (Phi) is 6.14. The first kappa shape index (κ1) is 16.6. The molecule has 0 saturated carbocycles. The first-order valence-electron chi connectivity index (χ1n) is 7.03. The summed E-state index contributed by atoms with van der Waals surface area (Å²) in [5.41, 5.74) is 0.494. The highest BCUT2D eigenvalue weighted by atomic mass is 19.1. The molecule has 1 fully saturated rings. The molecule has 3 nitrogen and oxygen atoms in total. The second kappa shape index (κ2) is 7.39. The molecule has 0 spiro atoms. The quantitative estimate of drug-likeness (QED) is 0.780. The van der Waals surface area contributed by atoms with E-state index in [4.69, 9.17) is 9.47 Å². The highest BCUT2D eigenvalue weighted by molar-refractivity contribution is 5.83. The molecule has 1 aromatic carbocycles. The van der Waals surface area contributed by atoms with Gasteiger partial charge in [0.25, 0.3) is 0 Å². The lowest BCUT2D eigenvalue weighted by Gasteiger charge is -2.34. The number of benzene rings is 1. The summed E-state index contributed by atoms with van der Waals surface area (Å²) in [5, 5.41) is 0. The van der Waals surface area contributed by atoms with Crippen molar-refractivity contribution in [2.75, 3.05) is 20.3 Å². The lowest BCUT2D eigenvalue weighted by molar-refractivity contribution is -0.151. The van der Waals surface area contributed by atoms with Gasteiger partial charge in [0, 0.05) is 13.2 Å². The lowest BCUT2D eigenvalue weighted by atomic mass is 9.74. The largest absolute Gasteiger partial charge is 0.468 e. The molecule has 0 aliphatic carbocycles. The Hall–Kier alpha value is -1.42. The molecule has 2 rings (SSSR count). The SMILES string of the molecule is CC.COC(=O)C1(c2ccc(C)c(F)c2)CCOCC1. The van der Waals surface area contributed by atoms with Crippen LogP contribution in [0.15, 0.2) is 18.2 Å². The zero-order chi connectivity index (χ0) is 15.2. The third-order valence-corrected chi connectivity index (χ3v) is 3.65. The predicted molar refractivity (Wildman–Crippen MR) is 76.2 cm³/mol. The van der Waals surface area contributed by atoms with Gasteiger partial charge in [-0.25, -0.2) is 4.39 Å². The van der Waals surface area contributed by atoms with Crippen LogP contribution < -0.4 is 0 Å². The smallest absolute Gasteiger partial charge is 0.316 e. The van der Waals surface area contributed by atoms with Crippen LogP contribution >= 0.6 is 0 Å². The van der Waals surface area contributed by atoms with Crippen LogP contribution in [-0.2, 0) is 19.7 Å². The van der Waals surface area contributed by atoms with Gasteiger partial charge in [-0.1, -0.05) is 26.0 Å². The van der Waals surface area contributed by atoms with Gasteiger partial charge in [0.1, 0.15) is 5.82 Å². The summed E-state index contributed by atoms with van der Waals surface area (Å²) in [6.07, 6.45) is 1.06. The summed E-state index contributed by atoms with van der Waals surface area (Å²) in [6.45, 7) is 6.68. The van der Waals surface area contributed by atoms with Crippen LogP contribution in [0.5, 0.6) is 0 Å². The molecular weight excluding hydrogens is 259 g/mol. The first-order valence-corrected chi connectivity index (χ1v) is 7.03. The number of aryl methyl sites for hydroxylation is 1. The van der Waals surface area contributed by atoms with Crippen molar-refractivity contribution in [1.82, 2.24) is 0 Å². The van der Waals surface area contributed by atoms with Crippen molar-refractivity contribution in [1.29, 1.82) is 0 Å². The normalized spacial score (nSPS) is 16.9. The number of hydrogen-bond donors (Lipinski definition) is 0. The van der Waals surface area contributed by atoms with E-state index in [0.29, 0.717) is 37.2 Å². The molecule has 0 atom stereocenters. The van der Waals surface area contributed by atoms with Crippen LogP contribution in [0.1, 0.15) is 37.8 Å². The third kappa shape index (κ3) is 3.18. The van der Waals surface area contributed by atoms with Crippen LogP contribution in [0, 0.1) is 12.7 Å². The maximum absolute atomic E-state index is 13.7. The Balaban J connectivity index is 0.000000956. The summed E-state index contributed by atoms with van der Waals surface area (Å²) < 4.78 is 23.9. The number of esters is 1. The van der Waals surface area contributed by atoms with Gasteiger partial charge in [-0.15, -0.1) is 0 Å². The second-order valence-electron chi connectivity index (χ2n) is 4.65. The molecule has 1 saturated heterocycles. The van der Waals surface area contributed by atoms with E-state index >= 15 is 0 Å².